The Hall–Kier alpha value is -1.36. The van der Waals surface area contributed by atoms with Gasteiger partial charge in [-0.15, -0.1) is 0 Å². The van der Waals surface area contributed by atoms with E-state index in [4.69, 9.17) is 9.96 Å². The number of nitrogens with zero attached hydrogens (tertiary/aromatic N) is 3. The number of carbonyl (C=O) groups excluding carboxylic acids is 1. The van der Waals surface area contributed by atoms with E-state index >= 15 is 0 Å². The van der Waals surface area contributed by atoms with Crippen molar-refractivity contribution in [3.05, 3.63) is 34.7 Å². The van der Waals surface area contributed by atoms with Crippen molar-refractivity contribution < 1.29 is 9.22 Å². The molecule has 0 saturated heterocycles. The van der Waals surface area contributed by atoms with Crippen molar-refractivity contribution in [1.29, 1.82) is 0 Å². The first-order valence-corrected chi connectivity index (χ1v) is 15.6. The van der Waals surface area contributed by atoms with Gasteiger partial charge in [-0.05, 0) is 95.8 Å². The molecule has 6 heteroatoms. The molecule has 0 spiro atoms. The van der Waals surface area contributed by atoms with Crippen molar-refractivity contribution in [2.75, 3.05) is 13.2 Å². The van der Waals surface area contributed by atoms with Crippen LogP contribution in [0.4, 0.5) is 0 Å². The first-order chi connectivity index (χ1) is 15.2. The Morgan fingerprint density at radius 2 is 1.88 bits per heavy atom. The van der Waals surface area contributed by atoms with E-state index in [0.717, 1.165) is 37.7 Å². The van der Waals surface area contributed by atoms with Gasteiger partial charge in [-0.2, -0.15) is 0 Å². The van der Waals surface area contributed by atoms with Crippen molar-refractivity contribution in [1.82, 2.24) is 0 Å². The average molecular weight is 472 g/mol. The van der Waals surface area contributed by atoms with E-state index < -0.39 is 8.32 Å². The molecule has 33 heavy (non-hydrogen) atoms. The van der Waals surface area contributed by atoms with Crippen molar-refractivity contribution in [3.8, 4) is 0 Å². The minimum atomic E-state index is -1.93. The second kappa shape index (κ2) is 9.01. The Bertz CT molecular complexity index is 869. The van der Waals surface area contributed by atoms with Crippen LogP contribution in [-0.4, -0.2) is 27.3 Å². The number of azide groups is 1. The first kappa shape index (κ1) is 26.2. The smallest absolute Gasteiger partial charge is 0.191 e. The van der Waals surface area contributed by atoms with Crippen LogP contribution in [0.1, 0.15) is 73.1 Å². The van der Waals surface area contributed by atoms with Crippen LogP contribution in [0.3, 0.4) is 0 Å². The van der Waals surface area contributed by atoms with Gasteiger partial charge in [0.05, 0.1) is 0 Å². The molecule has 6 atom stereocenters. The van der Waals surface area contributed by atoms with Gasteiger partial charge in [-0.1, -0.05) is 58.5 Å². The Kier molecular flexibility index (Phi) is 7.17. The van der Waals surface area contributed by atoms with Crippen LogP contribution in [0.2, 0.25) is 18.1 Å². The summed E-state index contributed by atoms with van der Waals surface area (Å²) in [7, 11) is -1.93. The van der Waals surface area contributed by atoms with E-state index in [2.05, 4.69) is 70.9 Å². The number of fused-ring (bicyclic) bond motifs is 1. The van der Waals surface area contributed by atoms with Gasteiger partial charge in [0.2, 0.25) is 0 Å². The van der Waals surface area contributed by atoms with E-state index in [0.29, 0.717) is 37.3 Å². The first-order valence-electron chi connectivity index (χ1n) is 12.7. The monoisotopic (exact) mass is 471 g/mol. The molecule has 0 N–H and O–H groups in total. The van der Waals surface area contributed by atoms with Gasteiger partial charge in [0.15, 0.2) is 14.1 Å². The van der Waals surface area contributed by atoms with Crippen molar-refractivity contribution >= 4 is 14.1 Å². The lowest BCUT2D eigenvalue weighted by Crippen LogP contribution is -2.53. The lowest BCUT2D eigenvalue weighted by molar-refractivity contribution is -0.125. The van der Waals surface area contributed by atoms with Gasteiger partial charge in [0.1, 0.15) is 0 Å². The molecule has 5 nitrogen and oxygen atoms in total. The van der Waals surface area contributed by atoms with Gasteiger partial charge < -0.3 is 4.43 Å². The zero-order chi connectivity index (χ0) is 24.8. The second-order valence-corrected chi connectivity index (χ2v) is 17.9. The van der Waals surface area contributed by atoms with Gasteiger partial charge in [-0.3, -0.25) is 4.79 Å². The maximum absolute atomic E-state index is 12.8. The van der Waals surface area contributed by atoms with Crippen molar-refractivity contribution in [2.24, 2.45) is 39.6 Å². The summed E-state index contributed by atoms with van der Waals surface area (Å²) in [5.41, 5.74) is 11.3. The summed E-state index contributed by atoms with van der Waals surface area (Å²) >= 11 is 0. The van der Waals surface area contributed by atoms with Crippen molar-refractivity contribution in [2.45, 2.75) is 91.3 Å². The number of hydrogen-bond donors (Lipinski definition) is 0. The SMILES string of the molecule is C=C1C[C@](C)([C@H]2CC[C@]3(C)C(=C)CC[C@H]3[C@@H]2CN=[N+]=[N-])[C@@H](CO[Si](C)(C)C(C)(C)C)CC1=O. The zero-order valence-corrected chi connectivity index (χ0v) is 23.0. The molecule has 0 aromatic heterocycles. The molecule has 3 aliphatic rings. The Morgan fingerprint density at radius 3 is 2.48 bits per heavy atom. The highest BCUT2D eigenvalue weighted by atomic mass is 28.4. The normalized spacial score (nSPS) is 37.6. The molecule has 184 valence electrons. The number of allylic oxidation sites excluding steroid dienone is 2. The molecule has 0 amide bonds. The van der Waals surface area contributed by atoms with Gasteiger partial charge in [0, 0.05) is 24.5 Å². The summed E-state index contributed by atoms with van der Waals surface area (Å²) < 4.78 is 6.70. The molecule has 3 fully saturated rings. The highest BCUT2D eigenvalue weighted by Gasteiger charge is 2.57. The Balaban J connectivity index is 1.95. The Labute approximate surface area is 202 Å². The van der Waals surface area contributed by atoms with Gasteiger partial charge in [0.25, 0.3) is 0 Å². The van der Waals surface area contributed by atoms with E-state index in [9.17, 15) is 4.79 Å². The van der Waals surface area contributed by atoms with Crippen LogP contribution in [0.5, 0.6) is 0 Å². The average Bonchev–Trinajstić information content (AvgIpc) is 3.02. The molecule has 0 unspecified atom stereocenters. The summed E-state index contributed by atoms with van der Waals surface area (Å²) in [5, 5.41) is 4.23. The molecule has 3 aliphatic carbocycles. The largest absolute Gasteiger partial charge is 0.417 e. The topological polar surface area (TPSA) is 75.1 Å². The third-order valence-corrected chi connectivity index (χ3v) is 14.9. The second-order valence-electron chi connectivity index (χ2n) is 13.1. The minimum Gasteiger partial charge on any atom is -0.417 e. The summed E-state index contributed by atoms with van der Waals surface area (Å²) in [5.74, 6) is 1.53. The van der Waals surface area contributed by atoms with Crippen LogP contribution >= 0.6 is 0 Å². The zero-order valence-electron chi connectivity index (χ0n) is 22.0. The summed E-state index contributed by atoms with van der Waals surface area (Å²) in [6.07, 6.45) is 5.63. The molecule has 3 saturated carbocycles. The number of hydrogen-bond acceptors (Lipinski definition) is 3. The number of Topliss-reactive ketones (excluding diaryl/α,β-unsaturated/α-hetero) is 1. The highest BCUT2D eigenvalue weighted by molar-refractivity contribution is 6.74. The fourth-order valence-corrected chi connectivity index (χ4v) is 7.96. The van der Waals surface area contributed by atoms with E-state index in [1.165, 1.54) is 5.57 Å². The molecule has 0 bridgehead atoms. The molecule has 0 heterocycles. The van der Waals surface area contributed by atoms with E-state index in [-0.39, 0.29) is 27.6 Å². The third kappa shape index (κ3) is 4.63. The maximum Gasteiger partial charge on any atom is 0.191 e. The lowest BCUT2D eigenvalue weighted by Gasteiger charge is -2.56. The van der Waals surface area contributed by atoms with Crippen LogP contribution in [0.15, 0.2) is 29.4 Å². The lowest BCUT2D eigenvalue weighted by atomic mass is 9.49. The molecular weight excluding hydrogens is 426 g/mol. The molecule has 0 aromatic carbocycles. The standard InChI is InChI=1S/C27H45N3O2Si/c1-18-15-27(7,20(14-24(18)31)17-32-33(8,9)25(3,4)5)23-12-13-26(6)19(2)10-11-22(26)21(23)16-29-30-28/h20-23H,1-2,10-17H2,3-9H3/t20-,21+,22+,23+,26-,27+/m1/s1. The van der Waals surface area contributed by atoms with Gasteiger partial charge in [-0.25, -0.2) is 0 Å². The summed E-state index contributed by atoms with van der Waals surface area (Å²) in [4.78, 5) is 15.9. The van der Waals surface area contributed by atoms with Gasteiger partial charge >= 0.3 is 0 Å². The number of ketones is 1. The highest BCUT2D eigenvalue weighted by Crippen LogP contribution is 2.63. The predicted octanol–water partition coefficient (Wildman–Crippen LogP) is 7.86. The molecular formula is C27H45N3O2Si. The van der Waals surface area contributed by atoms with Crippen LogP contribution in [0, 0.1) is 34.5 Å². The van der Waals surface area contributed by atoms with Crippen molar-refractivity contribution in [3.63, 3.8) is 0 Å². The van der Waals surface area contributed by atoms with Crippen LogP contribution < -0.4 is 0 Å². The number of rotatable bonds is 6. The molecule has 0 aliphatic heterocycles. The molecule has 0 radical (unpaired) electrons. The van der Waals surface area contributed by atoms with E-state index in [1.807, 2.05) is 0 Å². The van der Waals surface area contributed by atoms with Crippen LogP contribution in [-0.2, 0) is 9.22 Å². The quantitative estimate of drug-likeness (QED) is 0.0987. The summed E-state index contributed by atoms with van der Waals surface area (Å²) in [6.45, 7) is 25.8. The maximum atomic E-state index is 12.8. The molecule has 0 aromatic rings. The number of carbonyl (C=O) groups is 1. The molecule has 3 rings (SSSR count). The van der Waals surface area contributed by atoms with E-state index in [1.54, 1.807) is 0 Å². The third-order valence-electron chi connectivity index (χ3n) is 10.4. The van der Waals surface area contributed by atoms with Crippen LogP contribution in [0.25, 0.3) is 10.4 Å². The Morgan fingerprint density at radius 1 is 1.21 bits per heavy atom. The predicted molar refractivity (Wildman–Crippen MR) is 138 cm³/mol. The minimum absolute atomic E-state index is 0.0890. The fourth-order valence-electron chi connectivity index (χ4n) is 6.91. The fraction of sp³-hybridized carbons (Fsp3) is 0.815. The summed E-state index contributed by atoms with van der Waals surface area (Å²) in [6, 6.07) is 0.